The van der Waals surface area contributed by atoms with Crippen molar-refractivity contribution in [3.05, 3.63) is 53.1 Å². The van der Waals surface area contributed by atoms with Gasteiger partial charge in [-0.05, 0) is 24.6 Å². The quantitative estimate of drug-likeness (QED) is 0.811. The van der Waals surface area contributed by atoms with Crippen molar-refractivity contribution in [2.45, 2.75) is 19.3 Å². The summed E-state index contributed by atoms with van der Waals surface area (Å²) in [6, 6.07) is 9.66. The average Bonchev–Trinajstić information content (AvgIpc) is 2.71. The number of imidazole rings is 1. The molecule has 0 amide bonds. The molecule has 3 nitrogen and oxygen atoms in total. The number of nitriles is 1. The third-order valence-corrected chi connectivity index (χ3v) is 2.97. The molecule has 0 spiro atoms. The number of hydrogen-bond donors (Lipinski definition) is 0. The van der Waals surface area contributed by atoms with E-state index < -0.39 is 0 Å². The first-order valence-electron chi connectivity index (χ1n) is 5.30. The molecule has 18 heavy (non-hydrogen) atoms. The van der Waals surface area contributed by atoms with Crippen molar-refractivity contribution >= 4 is 24.0 Å². The van der Waals surface area contributed by atoms with Crippen LogP contribution in [0.25, 0.3) is 0 Å². The minimum atomic E-state index is 0. The van der Waals surface area contributed by atoms with Crippen LogP contribution >= 0.6 is 24.0 Å². The summed E-state index contributed by atoms with van der Waals surface area (Å²) in [5.41, 5.74) is 2.82. The molecule has 94 valence electrons. The Balaban J connectivity index is 0.00000162. The Morgan fingerprint density at radius 1 is 1.33 bits per heavy atom. The monoisotopic (exact) mass is 281 g/mol. The number of hydrogen-bond acceptors (Lipinski definition) is 2. The Morgan fingerprint density at radius 3 is 2.56 bits per heavy atom. The van der Waals surface area contributed by atoms with Crippen molar-refractivity contribution in [2.75, 3.05) is 0 Å². The Morgan fingerprint density at radius 2 is 2.00 bits per heavy atom. The maximum absolute atomic E-state index is 8.73. The Bertz CT molecular complexity index is 553. The van der Waals surface area contributed by atoms with Gasteiger partial charge >= 0.3 is 0 Å². The van der Waals surface area contributed by atoms with E-state index in [9.17, 15) is 0 Å². The van der Waals surface area contributed by atoms with Gasteiger partial charge in [0.2, 0.25) is 0 Å². The molecule has 0 saturated heterocycles. The van der Waals surface area contributed by atoms with Gasteiger partial charge in [0, 0.05) is 12.7 Å². The number of benzene rings is 1. The molecular formula is C13H13Cl2N3. The number of halogens is 2. The summed E-state index contributed by atoms with van der Waals surface area (Å²) in [6.07, 6.45) is 1.80. The van der Waals surface area contributed by atoms with E-state index in [0.29, 0.717) is 11.4 Å². The first kappa shape index (κ1) is 14.6. The highest BCUT2D eigenvalue weighted by Crippen LogP contribution is 2.12. The second-order valence-electron chi connectivity index (χ2n) is 3.83. The molecule has 0 radical (unpaired) electrons. The van der Waals surface area contributed by atoms with Gasteiger partial charge in [0.15, 0.2) is 0 Å². The molecule has 2 rings (SSSR count). The molecule has 0 aliphatic rings. The van der Waals surface area contributed by atoms with Crippen LogP contribution in [0.2, 0.25) is 0 Å². The second-order valence-corrected chi connectivity index (χ2v) is 4.09. The SMILES string of the molecule is Cc1ncc(CCl)n1Cc1ccc(C#N)cc1.Cl. The summed E-state index contributed by atoms with van der Waals surface area (Å²) in [7, 11) is 0. The van der Waals surface area contributed by atoms with E-state index in [-0.39, 0.29) is 12.4 Å². The van der Waals surface area contributed by atoms with Gasteiger partial charge in [-0.15, -0.1) is 24.0 Å². The lowest BCUT2D eigenvalue weighted by atomic mass is 10.1. The topological polar surface area (TPSA) is 41.6 Å². The lowest BCUT2D eigenvalue weighted by molar-refractivity contribution is 0.734. The highest BCUT2D eigenvalue weighted by molar-refractivity contribution is 6.16. The van der Waals surface area contributed by atoms with Crippen LogP contribution < -0.4 is 0 Å². The molecule has 1 aromatic heterocycles. The average molecular weight is 282 g/mol. The highest BCUT2D eigenvalue weighted by atomic mass is 35.5. The van der Waals surface area contributed by atoms with Crippen molar-refractivity contribution in [3.8, 4) is 6.07 Å². The molecule has 0 bridgehead atoms. The zero-order chi connectivity index (χ0) is 12.3. The number of aryl methyl sites for hydroxylation is 1. The van der Waals surface area contributed by atoms with Crippen LogP contribution in [0.5, 0.6) is 0 Å². The van der Waals surface area contributed by atoms with E-state index in [2.05, 4.69) is 15.6 Å². The number of alkyl halides is 1. The van der Waals surface area contributed by atoms with E-state index in [1.54, 1.807) is 6.20 Å². The molecule has 1 aromatic carbocycles. The fourth-order valence-electron chi connectivity index (χ4n) is 1.71. The van der Waals surface area contributed by atoms with Crippen molar-refractivity contribution in [2.24, 2.45) is 0 Å². The van der Waals surface area contributed by atoms with Crippen molar-refractivity contribution < 1.29 is 0 Å². The molecular weight excluding hydrogens is 269 g/mol. The van der Waals surface area contributed by atoms with Crippen LogP contribution in [0.15, 0.2) is 30.5 Å². The zero-order valence-corrected chi connectivity index (χ0v) is 11.5. The molecule has 0 aliphatic carbocycles. The smallest absolute Gasteiger partial charge is 0.106 e. The largest absolute Gasteiger partial charge is 0.327 e. The maximum Gasteiger partial charge on any atom is 0.106 e. The molecule has 2 aromatic rings. The van der Waals surface area contributed by atoms with Crippen molar-refractivity contribution in [1.29, 1.82) is 5.26 Å². The molecule has 0 N–H and O–H groups in total. The third-order valence-electron chi connectivity index (χ3n) is 2.70. The minimum absolute atomic E-state index is 0. The zero-order valence-electron chi connectivity index (χ0n) is 9.93. The lowest BCUT2D eigenvalue weighted by Gasteiger charge is -2.08. The van der Waals surface area contributed by atoms with Crippen LogP contribution in [0, 0.1) is 18.3 Å². The van der Waals surface area contributed by atoms with E-state index in [1.807, 2.05) is 31.2 Å². The molecule has 1 heterocycles. The Labute approximate surface area is 117 Å². The van der Waals surface area contributed by atoms with E-state index >= 15 is 0 Å². The van der Waals surface area contributed by atoms with Gasteiger partial charge in [-0.1, -0.05) is 12.1 Å². The fourth-order valence-corrected chi connectivity index (χ4v) is 1.92. The van der Waals surface area contributed by atoms with Gasteiger partial charge < -0.3 is 4.57 Å². The highest BCUT2D eigenvalue weighted by Gasteiger charge is 2.06. The fraction of sp³-hybridized carbons (Fsp3) is 0.231. The predicted octanol–water partition coefficient (Wildman–Crippen LogP) is 3.27. The molecule has 0 aliphatic heterocycles. The van der Waals surface area contributed by atoms with Crippen molar-refractivity contribution in [3.63, 3.8) is 0 Å². The summed E-state index contributed by atoms with van der Waals surface area (Å²) in [6.45, 7) is 2.69. The van der Waals surface area contributed by atoms with Crippen LogP contribution in [-0.4, -0.2) is 9.55 Å². The number of rotatable bonds is 3. The molecule has 0 unspecified atom stereocenters. The standard InChI is InChI=1S/C13H12ClN3.ClH/c1-10-16-8-13(6-14)17(10)9-12-4-2-11(7-15)3-5-12;/h2-5,8H,6,9H2,1H3;1H. The van der Waals surface area contributed by atoms with E-state index in [0.717, 1.165) is 23.6 Å². The van der Waals surface area contributed by atoms with E-state index in [1.165, 1.54) is 0 Å². The molecule has 0 fully saturated rings. The summed E-state index contributed by atoms with van der Waals surface area (Å²) in [5.74, 6) is 1.40. The van der Waals surface area contributed by atoms with Gasteiger partial charge in [0.25, 0.3) is 0 Å². The van der Waals surface area contributed by atoms with Gasteiger partial charge in [-0.2, -0.15) is 5.26 Å². The second kappa shape index (κ2) is 6.44. The normalized spacial score (nSPS) is 9.61. The maximum atomic E-state index is 8.73. The summed E-state index contributed by atoms with van der Waals surface area (Å²) >= 11 is 5.86. The van der Waals surface area contributed by atoms with E-state index in [4.69, 9.17) is 16.9 Å². The number of aromatic nitrogens is 2. The minimum Gasteiger partial charge on any atom is -0.327 e. The first-order chi connectivity index (χ1) is 8.24. The summed E-state index contributed by atoms with van der Waals surface area (Å²) in [4.78, 5) is 4.24. The van der Waals surface area contributed by atoms with Crippen LogP contribution in [0.1, 0.15) is 22.6 Å². The van der Waals surface area contributed by atoms with Gasteiger partial charge in [-0.3, -0.25) is 0 Å². The summed E-state index contributed by atoms with van der Waals surface area (Å²) in [5, 5.41) is 8.73. The van der Waals surface area contributed by atoms with Crippen LogP contribution in [0.3, 0.4) is 0 Å². The third kappa shape index (κ3) is 3.04. The van der Waals surface area contributed by atoms with Gasteiger partial charge in [0.1, 0.15) is 5.82 Å². The molecule has 0 atom stereocenters. The predicted molar refractivity (Wildman–Crippen MR) is 74.0 cm³/mol. The number of nitrogens with zero attached hydrogens (tertiary/aromatic N) is 3. The molecule has 0 saturated carbocycles. The van der Waals surface area contributed by atoms with Crippen LogP contribution in [0.4, 0.5) is 0 Å². The van der Waals surface area contributed by atoms with Gasteiger partial charge in [0.05, 0.1) is 23.2 Å². The van der Waals surface area contributed by atoms with Crippen molar-refractivity contribution in [1.82, 2.24) is 9.55 Å². The molecule has 5 heteroatoms. The Kier molecular flexibility index (Phi) is 5.21. The Hall–Kier alpha value is -1.50. The first-order valence-corrected chi connectivity index (χ1v) is 5.84. The summed E-state index contributed by atoms with van der Waals surface area (Å²) < 4.78 is 2.08. The lowest BCUT2D eigenvalue weighted by Crippen LogP contribution is -2.05. The van der Waals surface area contributed by atoms with Crippen LogP contribution in [-0.2, 0) is 12.4 Å². The van der Waals surface area contributed by atoms with Gasteiger partial charge in [-0.25, -0.2) is 4.98 Å².